The molecule has 0 bridgehead atoms. The van der Waals surface area contributed by atoms with Crippen molar-refractivity contribution in [2.45, 2.75) is 32.3 Å². The molecule has 144 valence electrons. The van der Waals surface area contributed by atoms with Gasteiger partial charge < -0.3 is 15.3 Å². The lowest BCUT2D eigenvalue weighted by Gasteiger charge is -2.24. The fourth-order valence-electron chi connectivity index (χ4n) is 3.08. The molecule has 0 saturated carbocycles. The zero-order valence-electron chi connectivity index (χ0n) is 15.8. The fourth-order valence-corrected chi connectivity index (χ4v) is 3.08. The van der Waals surface area contributed by atoms with E-state index in [1.165, 1.54) is 0 Å². The number of carbonyl (C=O) groups is 2. The van der Waals surface area contributed by atoms with Gasteiger partial charge in [0.15, 0.2) is 0 Å². The summed E-state index contributed by atoms with van der Waals surface area (Å²) < 4.78 is 0. The van der Waals surface area contributed by atoms with Gasteiger partial charge in [-0.1, -0.05) is 59.3 Å². The van der Waals surface area contributed by atoms with Crippen LogP contribution in [0.2, 0.25) is 0 Å². The van der Waals surface area contributed by atoms with E-state index in [0.717, 1.165) is 16.7 Å². The molecule has 28 heavy (non-hydrogen) atoms. The lowest BCUT2D eigenvalue weighted by Crippen LogP contribution is -2.45. The van der Waals surface area contributed by atoms with Gasteiger partial charge >= 0.3 is 5.97 Å². The summed E-state index contributed by atoms with van der Waals surface area (Å²) in [6.07, 6.45) is 3.19. The number of nitrogens with one attached hydrogen (secondary N) is 1. The molecule has 0 spiro atoms. The average molecular weight is 378 g/mol. The molecular formula is C22H22N2O4. The number of allylic oxidation sites excluding steroid dienone is 1. The summed E-state index contributed by atoms with van der Waals surface area (Å²) in [6, 6.07) is 15.2. The second-order valence-electron chi connectivity index (χ2n) is 6.93. The van der Waals surface area contributed by atoms with E-state index in [-0.39, 0.29) is 6.42 Å². The molecule has 1 atom stereocenters. The summed E-state index contributed by atoms with van der Waals surface area (Å²) in [5.41, 5.74) is 2.50. The van der Waals surface area contributed by atoms with Crippen LogP contribution in [0.5, 0.6) is 0 Å². The van der Waals surface area contributed by atoms with Crippen molar-refractivity contribution in [1.82, 2.24) is 0 Å². The number of nitrogens with zero attached hydrogens (tertiary/aromatic N) is 1. The van der Waals surface area contributed by atoms with Crippen LogP contribution in [0.4, 0.5) is 5.69 Å². The second kappa shape index (κ2) is 8.08. The van der Waals surface area contributed by atoms with Gasteiger partial charge in [0.2, 0.25) is 5.60 Å². The molecule has 2 aromatic rings. The Morgan fingerprint density at radius 3 is 2.61 bits per heavy atom. The van der Waals surface area contributed by atoms with E-state index >= 15 is 0 Å². The summed E-state index contributed by atoms with van der Waals surface area (Å²) in [5.74, 6) is -1.65. The highest BCUT2D eigenvalue weighted by molar-refractivity contribution is 6.08. The molecule has 0 saturated heterocycles. The molecular weight excluding hydrogens is 356 g/mol. The second-order valence-corrected chi connectivity index (χ2v) is 6.93. The summed E-state index contributed by atoms with van der Waals surface area (Å²) >= 11 is 0. The molecule has 1 unspecified atom stereocenters. The van der Waals surface area contributed by atoms with Crippen LogP contribution in [0.3, 0.4) is 0 Å². The number of hydrogen-bond acceptors (Lipinski definition) is 4. The molecule has 6 nitrogen and oxygen atoms in total. The molecule has 3 rings (SSSR count). The largest absolute Gasteiger partial charge is 0.481 e. The Labute approximate surface area is 163 Å². The number of oxime groups is 1. The number of benzene rings is 2. The number of aryl methyl sites for hydroxylation is 2. The first kappa shape index (κ1) is 19.4. The number of carboxylic acid groups (broad SMARTS) is 1. The lowest BCUT2D eigenvalue weighted by molar-refractivity contribution is -0.152. The number of carbonyl (C=O) groups excluding carboxylic acids is 1. The number of carboxylic acids is 1. The summed E-state index contributed by atoms with van der Waals surface area (Å²) in [6.45, 7) is 3.84. The monoisotopic (exact) mass is 378 g/mol. The van der Waals surface area contributed by atoms with Gasteiger partial charge in [-0.2, -0.15) is 0 Å². The fraction of sp³-hybridized carbons (Fsp3) is 0.227. The Morgan fingerprint density at radius 2 is 1.93 bits per heavy atom. The van der Waals surface area contributed by atoms with Gasteiger partial charge in [0.05, 0.1) is 12.1 Å². The van der Waals surface area contributed by atoms with Gasteiger partial charge in [-0.25, -0.2) is 0 Å². The van der Waals surface area contributed by atoms with Gasteiger partial charge in [0, 0.05) is 12.1 Å². The summed E-state index contributed by atoms with van der Waals surface area (Å²) in [5, 5.41) is 16.1. The maximum Gasteiger partial charge on any atom is 0.308 e. The van der Waals surface area contributed by atoms with Crippen molar-refractivity contribution in [3.63, 3.8) is 0 Å². The van der Waals surface area contributed by atoms with E-state index in [2.05, 4.69) is 10.5 Å². The van der Waals surface area contributed by atoms with Gasteiger partial charge in [-0.15, -0.1) is 0 Å². The number of amides is 1. The Kier molecular flexibility index (Phi) is 5.59. The number of rotatable bonds is 6. The standard InChI is InChI=1S/C22H22N2O4/c1-15-8-11-19(16(2)12-15)23-21(27)22(14-20(25)26)13-18(24-28-22)10-9-17-6-4-3-5-7-17/h3-12H,13-14H2,1-2H3,(H,23,27)(H,25,26). The molecule has 0 aliphatic carbocycles. The molecule has 2 N–H and O–H groups in total. The highest BCUT2D eigenvalue weighted by Gasteiger charge is 2.48. The van der Waals surface area contributed by atoms with Crippen LogP contribution in [0.15, 0.2) is 59.8 Å². The molecule has 0 aromatic heterocycles. The number of hydrogen-bond donors (Lipinski definition) is 2. The molecule has 0 fully saturated rings. The zero-order valence-corrected chi connectivity index (χ0v) is 15.8. The maximum absolute atomic E-state index is 12.9. The molecule has 6 heteroatoms. The van der Waals surface area contributed by atoms with Gasteiger partial charge in [-0.3, -0.25) is 9.59 Å². The van der Waals surface area contributed by atoms with Crippen LogP contribution in [0.25, 0.3) is 6.08 Å². The first-order valence-electron chi connectivity index (χ1n) is 8.97. The molecule has 2 aromatic carbocycles. The van der Waals surface area contributed by atoms with Crippen molar-refractivity contribution < 1.29 is 19.5 Å². The lowest BCUT2D eigenvalue weighted by atomic mass is 9.91. The van der Waals surface area contributed by atoms with E-state index in [4.69, 9.17) is 4.84 Å². The molecule has 1 amide bonds. The number of anilines is 1. The molecule has 0 radical (unpaired) electrons. The van der Waals surface area contributed by atoms with Crippen LogP contribution >= 0.6 is 0 Å². The van der Waals surface area contributed by atoms with Gasteiger partial charge in [-0.05, 0) is 37.1 Å². The van der Waals surface area contributed by atoms with Crippen molar-refractivity contribution in [2.24, 2.45) is 5.16 Å². The molecule has 1 heterocycles. The number of aliphatic carboxylic acids is 1. The third kappa shape index (κ3) is 4.46. The van der Waals surface area contributed by atoms with Crippen molar-refractivity contribution in [2.75, 3.05) is 5.32 Å². The van der Waals surface area contributed by atoms with Crippen LogP contribution in [0.1, 0.15) is 29.5 Å². The van der Waals surface area contributed by atoms with Crippen LogP contribution in [0, 0.1) is 13.8 Å². The van der Waals surface area contributed by atoms with Crippen molar-refractivity contribution in [1.29, 1.82) is 0 Å². The highest BCUT2D eigenvalue weighted by Crippen LogP contribution is 2.31. The van der Waals surface area contributed by atoms with Crippen molar-refractivity contribution in [3.05, 3.63) is 71.3 Å². The Morgan fingerprint density at radius 1 is 1.18 bits per heavy atom. The topological polar surface area (TPSA) is 88.0 Å². The predicted octanol–water partition coefficient (Wildman–Crippen LogP) is 3.95. The van der Waals surface area contributed by atoms with Crippen molar-refractivity contribution >= 4 is 29.4 Å². The smallest absolute Gasteiger partial charge is 0.308 e. The normalized spacial score (nSPS) is 18.6. The van der Waals surface area contributed by atoms with Gasteiger partial charge in [0.25, 0.3) is 5.91 Å². The molecule has 1 aliphatic rings. The Balaban J connectivity index is 1.77. The summed E-state index contributed by atoms with van der Waals surface area (Å²) in [4.78, 5) is 29.7. The first-order chi connectivity index (χ1) is 13.4. The third-order valence-electron chi connectivity index (χ3n) is 4.55. The van der Waals surface area contributed by atoms with Crippen LogP contribution < -0.4 is 5.32 Å². The van der Waals surface area contributed by atoms with E-state index < -0.39 is 23.9 Å². The SMILES string of the molecule is Cc1ccc(NC(=O)C2(CC(=O)O)CC(C=Cc3ccccc3)=NO2)c(C)c1. The highest BCUT2D eigenvalue weighted by atomic mass is 16.7. The van der Waals surface area contributed by atoms with Gasteiger partial charge in [0.1, 0.15) is 0 Å². The predicted molar refractivity (Wildman–Crippen MR) is 108 cm³/mol. The van der Waals surface area contributed by atoms with E-state index in [1.807, 2.05) is 62.4 Å². The van der Waals surface area contributed by atoms with E-state index in [1.54, 1.807) is 12.1 Å². The van der Waals surface area contributed by atoms with E-state index in [0.29, 0.717) is 11.4 Å². The average Bonchev–Trinajstić information content (AvgIpc) is 3.07. The minimum atomic E-state index is -1.57. The minimum Gasteiger partial charge on any atom is -0.481 e. The quantitative estimate of drug-likeness (QED) is 0.797. The third-order valence-corrected chi connectivity index (χ3v) is 4.55. The zero-order chi connectivity index (χ0) is 20.1. The van der Waals surface area contributed by atoms with Crippen molar-refractivity contribution in [3.8, 4) is 0 Å². The minimum absolute atomic E-state index is 0.0827. The first-order valence-corrected chi connectivity index (χ1v) is 8.97. The summed E-state index contributed by atoms with van der Waals surface area (Å²) in [7, 11) is 0. The Hall–Kier alpha value is -3.41. The van der Waals surface area contributed by atoms with E-state index in [9.17, 15) is 14.7 Å². The van der Waals surface area contributed by atoms with Crippen LogP contribution in [-0.2, 0) is 14.4 Å². The molecule has 1 aliphatic heterocycles. The maximum atomic E-state index is 12.9. The van der Waals surface area contributed by atoms with Crippen LogP contribution in [-0.4, -0.2) is 28.3 Å². The Bertz CT molecular complexity index is 950.